The number of rotatable bonds is 1. The monoisotopic (exact) mass is 230 g/mol. The zero-order valence-electron chi connectivity index (χ0n) is 8.06. The highest BCUT2D eigenvalue weighted by Crippen LogP contribution is 2.33. The van der Waals surface area contributed by atoms with Gasteiger partial charge in [-0.05, 0) is 19.8 Å². The molecule has 0 atom stereocenters. The standard InChI is InChI=1S/C10H12Cl2N2/c1-6-8(11)13-10(14-9(6)12)7-4-2-3-5-7/h7H,2-5H2,1H3. The van der Waals surface area contributed by atoms with Crippen LogP contribution in [0.5, 0.6) is 0 Å². The molecule has 4 heteroatoms. The zero-order chi connectivity index (χ0) is 10.1. The smallest absolute Gasteiger partial charge is 0.137 e. The van der Waals surface area contributed by atoms with E-state index in [0.717, 1.165) is 24.2 Å². The second kappa shape index (κ2) is 4.03. The minimum absolute atomic E-state index is 0.464. The molecule has 1 aliphatic rings. The number of hydrogen-bond acceptors (Lipinski definition) is 2. The lowest BCUT2D eigenvalue weighted by Gasteiger charge is -2.09. The van der Waals surface area contributed by atoms with Gasteiger partial charge >= 0.3 is 0 Å². The van der Waals surface area contributed by atoms with E-state index >= 15 is 0 Å². The van der Waals surface area contributed by atoms with Crippen LogP contribution in [0.3, 0.4) is 0 Å². The molecular weight excluding hydrogens is 219 g/mol. The van der Waals surface area contributed by atoms with E-state index in [1.807, 2.05) is 6.92 Å². The van der Waals surface area contributed by atoms with Crippen molar-refractivity contribution in [2.75, 3.05) is 0 Å². The molecule has 0 aliphatic heterocycles. The maximum Gasteiger partial charge on any atom is 0.137 e. The Kier molecular flexibility index (Phi) is 2.93. The van der Waals surface area contributed by atoms with Gasteiger partial charge < -0.3 is 0 Å². The first-order chi connectivity index (χ1) is 6.68. The average Bonchev–Trinajstić information content (AvgIpc) is 2.66. The minimum Gasteiger partial charge on any atom is -0.221 e. The maximum atomic E-state index is 5.96. The molecule has 1 aromatic heterocycles. The molecule has 0 saturated heterocycles. The van der Waals surface area contributed by atoms with Gasteiger partial charge in [-0.1, -0.05) is 36.0 Å². The molecule has 1 fully saturated rings. The number of halogens is 2. The molecule has 0 radical (unpaired) electrons. The van der Waals surface area contributed by atoms with Crippen LogP contribution in [0.4, 0.5) is 0 Å². The van der Waals surface area contributed by atoms with E-state index in [0.29, 0.717) is 16.2 Å². The molecule has 14 heavy (non-hydrogen) atoms. The molecule has 76 valence electrons. The highest BCUT2D eigenvalue weighted by molar-refractivity contribution is 6.34. The van der Waals surface area contributed by atoms with E-state index in [-0.39, 0.29) is 0 Å². The normalized spacial score (nSPS) is 17.6. The van der Waals surface area contributed by atoms with Crippen LogP contribution in [-0.4, -0.2) is 9.97 Å². The lowest BCUT2D eigenvalue weighted by molar-refractivity contribution is 0.666. The predicted molar refractivity (Wildman–Crippen MR) is 58.0 cm³/mol. The van der Waals surface area contributed by atoms with Crippen LogP contribution in [0.2, 0.25) is 10.3 Å². The van der Waals surface area contributed by atoms with E-state index in [4.69, 9.17) is 23.2 Å². The predicted octanol–water partition coefficient (Wildman–Crippen LogP) is 3.75. The second-order valence-corrected chi connectivity index (χ2v) is 4.49. The Morgan fingerprint density at radius 3 is 2.07 bits per heavy atom. The van der Waals surface area contributed by atoms with Gasteiger partial charge in [-0.3, -0.25) is 0 Å². The minimum atomic E-state index is 0.464. The molecule has 2 rings (SSSR count). The Labute approximate surface area is 93.7 Å². The summed E-state index contributed by atoms with van der Waals surface area (Å²) in [6, 6.07) is 0. The molecule has 1 aromatic rings. The number of hydrogen-bond donors (Lipinski definition) is 0. The van der Waals surface area contributed by atoms with Crippen LogP contribution < -0.4 is 0 Å². The quantitative estimate of drug-likeness (QED) is 0.688. The van der Waals surface area contributed by atoms with Gasteiger partial charge in [0.2, 0.25) is 0 Å². The Morgan fingerprint density at radius 1 is 1.07 bits per heavy atom. The van der Waals surface area contributed by atoms with E-state index in [9.17, 15) is 0 Å². The van der Waals surface area contributed by atoms with Crippen molar-refractivity contribution >= 4 is 23.2 Å². The summed E-state index contributed by atoms with van der Waals surface area (Å²) in [6.07, 6.45) is 4.85. The first-order valence-corrected chi connectivity index (χ1v) is 5.63. The molecule has 2 nitrogen and oxygen atoms in total. The van der Waals surface area contributed by atoms with Gasteiger partial charge in [0.1, 0.15) is 16.1 Å². The van der Waals surface area contributed by atoms with Gasteiger partial charge in [0, 0.05) is 11.5 Å². The fourth-order valence-corrected chi connectivity index (χ4v) is 2.25. The van der Waals surface area contributed by atoms with Gasteiger partial charge in [0.05, 0.1) is 0 Å². The lowest BCUT2D eigenvalue weighted by Crippen LogP contribution is -2.02. The lowest BCUT2D eigenvalue weighted by atomic mass is 10.1. The van der Waals surface area contributed by atoms with Gasteiger partial charge in [0.25, 0.3) is 0 Å². The van der Waals surface area contributed by atoms with Crippen molar-refractivity contribution in [3.8, 4) is 0 Å². The van der Waals surface area contributed by atoms with Crippen LogP contribution in [-0.2, 0) is 0 Å². The third-order valence-corrected chi connectivity index (χ3v) is 3.50. The van der Waals surface area contributed by atoms with Crippen molar-refractivity contribution in [2.45, 2.75) is 38.5 Å². The second-order valence-electron chi connectivity index (χ2n) is 3.77. The van der Waals surface area contributed by atoms with Gasteiger partial charge in [0.15, 0.2) is 0 Å². The Hall–Kier alpha value is -0.340. The highest BCUT2D eigenvalue weighted by Gasteiger charge is 2.21. The molecule has 0 spiro atoms. The zero-order valence-corrected chi connectivity index (χ0v) is 9.57. The molecule has 0 amide bonds. The molecule has 1 heterocycles. The average molecular weight is 231 g/mol. The molecular formula is C10H12Cl2N2. The van der Waals surface area contributed by atoms with E-state index < -0.39 is 0 Å². The maximum absolute atomic E-state index is 5.96. The summed E-state index contributed by atoms with van der Waals surface area (Å²) in [5.74, 6) is 1.29. The number of nitrogens with zero attached hydrogens (tertiary/aromatic N) is 2. The summed E-state index contributed by atoms with van der Waals surface area (Å²) in [7, 11) is 0. The molecule has 0 bridgehead atoms. The molecule has 0 unspecified atom stereocenters. The summed E-state index contributed by atoms with van der Waals surface area (Å²) in [6.45, 7) is 1.84. The van der Waals surface area contributed by atoms with Crippen LogP contribution >= 0.6 is 23.2 Å². The Bertz CT molecular complexity index is 323. The van der Waals surface area contributed by atoms with Gasteiger partial charge in [-0.15, -0.1) is 0 Å². The van der Waals surface area contributed by atoms with Crippen molar-refractivity contribution in [1.29, 1.82) is 0 Å². The van der Waals surface area contributed by atoms with E-state index in [2.05, 4.69) is 9.97 Å². The van der Waals surface area contributed by atoms with Crippen molar-refractivity contribution < 1.29 is 0 Å². The van der Waals surface area contributed by atoms with Crippen LogP contribution in [0.15, 0.2) is 0 Å². The van der Waals surface area contributed by atoms with E-state index in [1.54, 1.807) is 0 Å². The fourth-order valence-electron chi connectivity index (χ4n) is 1.85. The first-order valence-electron chi connectivity index (χ1n) is 4.88. The van der Waals surface area contributed by atoms with Crippen molar-refractivity contribution in [1.82, 2.24) is 9.97 Å². The Morgan fingerprint density at radius 2 is 1.57 bits per heavy atom. The summed E-state index contributed by atoms with van der Waals surface area (Å²) in [5, 5.41) is 0.985. The van der Waals surface area contributed by atoms with E-state index in [1.165, 1.54) is 12.8 Å². The molecule has 0 N–H and O–H groups in total. The Balaban J connectivity index is 2.34. The van der Waals surface area contributed by atoms with Gasteiger partial charge in [-0.25, -0.2) is 9.97 Å². The van der Waals surface area contributed by atoms with Crippen LogP contribution in [0, 0.1) is 6.92 Å². The van der Waals surface area contributed by atoms with Gasteiger partial charge in [-0.2, -0.15) is 0 Å². The van der Waals surface area contributed by atoms with Crippen molar-refractivity contribution in [3.63, 3.8) is 0 Å². The SMILES string of the molecule is Cc1c(Cl)nc(C2CCCC2)nc1Cl. The summed E-state index contributed by atoms with van der Waals surface area (Å²) in [5.41, 5.74) is 0.773. The summed E-state index contributed by atoms with van der Waals surface area (Å²) >= 11 is 11.9. The highest BCUT2D eigenvalue weighted by atomic mass is 35.5. The fraction of sp³-hybridized carbons (Fsp3) is 0.600. The molecule has 0 aromatic carbocycles. The molecule has 1 saturated carbocycles. The topological polar surface area (TPSA) is 25.8 Å². The number of aromatic nitrogens is 2. The third kappa shape index (κ3) is 1.86. The van der Waals surface area contributed by atoms with Crippen molar-refractivity contribution in [3.05, 3.63) is 21.7 Å². The first kappa shape index (κ1) is 10.2. The van der Waals surface area contributed by atoms with Crippen LogP contribution in [0.1, 0.15) is 43.0 Å². The summed E-state index contributed by atoms with van der Waals surface area (Å²) in [4.78, 5) is 8.57. The largest absolute Gasteiger partial charge is 0.221 e. The third-order valence-electron chi connectivity index (χ3n) is 2.76. The van der Waals surface area contributed by atoms with Crippen LogP contribution in [0.25, 0.3) is 0 Å². The molecule has 1 aliphatic carbocycles. The van der Waals surface area contributed by atoms with Crippen molar-refractivity contribution in [2.24, 2.45) is 0 Å². The summed E-state index contributed by atoms with van der Waals surface area (Å²) < 4.78 is 0.